The van der Waals surface area contributed by atoms with Crippen LogP contribution in [0.5, 0.6) is 5.75 Å². The van der Waals surface area contributed by atoms with Crippen LogP contribution in [0.2, 0.25) is 0 Å². The number of nitrogens with zero attached hydrogens (tertiary/aromatic N) is 4. The second kappa shape index (κ2) is 6.41. The van der Waals surface area contributed by atoms with Gasteiger partial charge in [0.05, 0.1) is 7.11 Å². The average molecular weight is 318 g/mol. The smallest absolute Gasteiger partial charge is 0.267 e. The first-order chi connectivity index (χ1) is 10.7. The van der Waals surface area contributed by atoms with Gasteiger partial charge in [-0.3, -0.25) is 4.79 Å². The van der Waals surface area contributed by atoms with Crippen LogP contribution in [0.1, 0.15) is 9.67 Å². The molecule has 1 aliphatic heterocycles. The molecule has 1 aromatic heterocycles. The number of hydrogen-bond donors (Lipinski definition) is 0. The Hall–Kier alpha value is -1.99. The van der Waals surface area contributed by atoms with Crippen LogP contribution in [0.15, 0.2) is 24.3 Å². The minimum Gasteiger partial charge on any atom is -0.497 e. The predicted octanol–water partition coefficient (Wildman–Crippen LogP) is 1.60. The zero-order valence-corrected chi connectivity index (χ0v) is 13.5. The molecule has 0 spiro atoms. The van der Waals surface area contributed by atoms with Crippen LogP contribution in [-0.2, 0) is 0 Å². The number of ether oxygens (including phenoxy) is 1. The van der Waals surface area contributed by atoms with Crippen molar-refractivity contribution < 1.29 is 9.53 Å². The Labute approximate surface area is 133 Å². The minimum absolute atomic E-state index is 0.0147. The number of carbonyl (C=O) groups is 1. The number of rotatable bonds is 3. The van der Waals surface area contributed by atoms with E-state index in [1.165, 1.54) is 0 Å². The van der Waals surface area contributed by atoms with Gasteiger partial charge in [-0.2, -0.15) is 0 Å². The molecular formula is C15H18N4O2S. The lowest BCUT2D eigenvalue weighted by Gasteiger charge is -2.32. The lowest BCUT2D eigenvalue weighted by molar-refractivity contribution is 0.0669. The topological polar surface area (TPSA) is 58.6 Å². The maximum Gasteiger partial charge on any atom is 0.267 e. The number of methoxy groups -OCH3 is 1. The van der Waals surface area contributed by atoms with Gasteiger partial charge in [0.1, 0.15) is 16.3 Å². The fraction of sp³-hybridized carbons (Fsp3) is 0.400. The maximum absolute atomic E-state index is 12.7. The van der Waals surface area contributed by atoms with Crippen molar-refractivity contribution in [3.8, 4) is 17.0 Å². The fourth-order valence-corrected chi connectivity index (χ4v) is 3.10. The zero-order chi connectivity index (χ0) is 15.5. The van der Waals surface area contributed by atoms with Crippen molar-refractivity contribution in [3.05, 3.63) is 29.1 Å². The van der Waals surface area contributed by atoms with Crippen LogP contribution in [0.25, 0.3) is 11.3 Å². The van der Waals surface area contributed by atoms with Crippen LogP contribution in [0.3, 0.4) is 0 Å². The molecule has 1 saturated heterocycles. The summed E-state index contributed by atoms with van der Waals surface area (Å²) in [5.41, 5.74) is 1.48. The van der Waals surface area contributed by atoms with Gasteiger partial charge in [-0.1, -0.05) is 16.6 Å². The van der Waals surface area contributed by atoms with E-state index in [0.29, 0.717) is 10.6 Å². The first kappa shape index (κ1) is 14.9. The van der Waals surface area contributed by atoms with Gasteiger partial charge >= 0.3 is 0 Å². The van der Waals surface area contributed by atoms with Gasteiger partial charge in [-0.15, -0.1) is 5.10 Å². The highest BCUT2D eigenvalue weighted by molar-refractivity contribution is 7.08. The Morgan fingerprint density at radius 1 is 1.27 bits per heavy atom. The number of amides is 1. The molecule has 1 aliphatic rings. The van der Waals surface area contributed by atoms with Crippen LogP contribution in [0.4, 0.5) is 0 Å². The molecule has 0 N–H and O–H groups in total. The Kier molecular flexibility index (Phi) is 4.35. The minimum atomic E-state index is 0.0147. The molecule has 1 fully saturated rings. The van der Waals surface area contributed by atoms with Crippen LogP contribution in [-0.4, -0.2) is 65.6 Å². The second-order valence-electron chi connectivity index (χ2n) is 5.28. The first-order valence-corrected chi connectivity index (χ1v) is 7.91. The van der Waals surface area contributed by atoms with Crippen LogP contribution < -0.4 is 4.74 Å². The number of benzene rings is 1. The lowest BCUT2D eigenvalue weighted by atomic mass is 10.1. The average Bonchev–Trinajstić information content (AvgIpc) is 3.04. The monoisotopic (exact) mass is 318 g/mol. The lowest BCUT2D eigenvalue weighted by Crippen LogP contribution is -2.47. The number of hydrogen-bond acceptors (Lipinski definition) is 6. The van der Waals surface area contributed by atoms with Gasteiger partial charge in [0.25, 0.3) is 5.91 Å². The molecule has 0 radical (unpaired) electrons. The zero-order valence-electron chi connectivity index (χ0n) is 12.7. The van der Waals surface area contributed by atoms with E-state index in [1.807, 2.05) is 29.2 Å². The van der Waals surface area contributed by atoms with Gasteiger partial charge in [0.2, 0.25) is 0 Å². The maximum atomic E-state index is 12.7. The van der Waals surface area contributed by atoms with Crippen molar-refractivity contribution in [1.82, 2.24) is 19.4 Å². The number of aromatic nitrogens is 2. The van der Waals surface area contributed by atoms with Crippen molar-refractivity contribution in [1.29, 1.82) is 0 Å². The van der Waals surface area contributed by atoms with Crippen molar-refractivity contribution in [3.63, 3.8) is 0 Å². The number of carbonyl (C=O) groups excluding carboxylic acids is 1. The molecule has 116 valence electrons. The standard InChI is InChI=1S/C15H18N4O2S/c1-18-6-8-19(9-7-18)15(20)14-13(16-17-22-14)11-4-3-5-12(10-11)21-2/h3-5,10H,6-9H2,1-2H3. The Morgan fingerprint density at radius 2 is 2.05 bits per heavy atom. The third kappa shape index (κ3) is 2.95. The van der Waals surface area contributed by atoms with Gasteiger partial charge in [0.15, 0.2) is 0 Å². The Balaban J connectivity index is 1.86. The molecule has 0 saturated carbocycles. The summed E-state index contributed by atoms with van der Waals surface area (Å²) in [6.45, 7) is 3.27. The van der Waals surface area contributed by atoms with Crippen LogP contribution in [0, 0.1) is 0 Å². The number of likely N-dealkylation sites (N-methyl/N-ethyl adjacent to an activating group) is 1. The normalized spacial score (nSPS) is 15.8. The predicted molar refractivity (Wildman–Crippen MR) is 85.3 cm³/mol. The molecule has 22 heavy (non-hydrogen) atoms. The SMILES string of the molecule is COc1cccc(-c2nnsc2C(=O)N2CCN(C)CC2)c1. The molecule has 0 bridgehead atoms. The summed E-state index contributed by atoms with van der Waals surface area (Å²) in [6.07, 6.45) is 0. The van der Waals surface area contributed by atoms with Crippen molar-refractivity contribution in [2.75, 3.05) is 40.3 Å². The van der Waals surface area contributed by atoms with E-state index >= 15 is 0 Å². The van der Waals surface area contributed by atoms with Gasteiger partial charge < -0.3 is 14.5 Å². The first-order valence-electron chi connectivity index (χ1n) is 7.13. The molecule has 1 amide bonds. The third-order valence-corrected chi connectivity index (χ3v) is 4.53. The summed E-state index contributed by atoms with van der Waals surface area (Å²) in [6, 6.07) is 7.54. The highest BCUT2D eigenvalue weighted by Crippen LogP contribution is 2.28. The fourth-order valence-electron chi connectivity index (χ4n) is 2.44. The molecule has 0 unspecified atom stereocenters. The van der Waals surface area contributed by atoms with E-state index in [9.17, 15) is 4.79 Å². The summed E-state index contributed by atoms with van der Waals surface area (Å²) in [4.78, 5) is 17.4. The van der Waals surface area contributed by atoms with Crippen molar-refractivity contribution >= 4 is 17.4 Å². The molecule has 2 aromatic rings. The molecular weight excluding hydrogens is 300 g/mol. The Bertz CT molecular complexity index is 665. The summed E-state index contributed by atoms with van der Waals surface area (Å²) in [5.74, 6) is 0.754. The van der Waals surface area contributed by atoms with E-state index in [4.69, 9.17) is 4.74 Å². The summed E-state index contributed by atoms with van der Waals surface area (Å²) in [7, 11) is 3.69. The molecule has 7 heteroatoms. The molecule has 6 nitrogen and oxygen atoms in total. The Morgan fingerprint density at radius 3 is 2.77 bits per heavy atom. The quantitative estimate of drug-likeness (QED) is 0.860. The molecule has 1 aromatic carbocycles. The van der Waals surface area contributed by atoms with E-state index in [-0.39, 0.29) is 5.91 Å². The van der Waals surface area contributed by atoms with Gasteiger partial charge in [-0.25, -0.2) is 0 Å². The highest BCUT2D eigenvalue weighted by atomic mass is 32.1. The highest BCUT2D eigenvalue weighted by Gasteiger charge is 2.25. The van der Waals surface area contributed by atoms with E-state index in [0.717, 1.165) is 49.0 Å². The van der Waals surface area contributed by atoms with Crippen molar-refractivity contribution in [2.45, 2.75) is 0 Å². The van der Waals surface area contributed by atoms with E-state index in [1.54, 1.807) is 7.11 Å². The van der Waals surface area contributed by atoms with E-state index in [2.05, 4.69) is 21.5 Å². The largest absolute Gasteiger partial charge is 0.497 e. The van der Waals surface area contributed by atoms with Gasteiger partial charge in [0, 0.05) is 31.7 Å². The number of piperazine rings is 1. The van der Waals surface area contributed by atoms with Crippen molar-refractivity contribution in [2.24, 2.45) is 0 Å². The van der Waals surface area contributed by atoms with Gasteiger partial charge in [-0.05, 0) is 30.7 Å². The third-order valence-electron chi connectivity index (χ3n) is 3.82. The summed E-state index contributed by atoms with van der Waals surface area (Å²) >= 11 is 1.15. The molecule has 3 rings (SSSR count). The summed E-state index contributed by atoms with van der Waals surface area (Å²) < 4.78 is 9.21. The van der Waals surface area contributed by atoms with Crippen LogP contribution >= 0.6 is 11.5 Å². The second-order valence-corrected chi connectivity index (χ2v) is 6.03. The van der Waals surface area contributed by atoms with E-state index < -0.39 is 0 Å². The summed E-state index contributed by atoms with van der Waals surface area (Å²) in [5, 5.41) is 4.15. The molecule has 2 heterocycles. The molecule has 0 atom stereocenters. The molecule has 0 aliphatic carbocycles.